The Hall–Kier alpha value is -1.30. The van der Waals surface area contributed by atoms with Crippen LogP contribution in [0.25, 0.3) is 0 Å². The molecule has 0 heterocycles. The summed E-state index contributed by atoms with van der Waals surface area (Å²) < 4.78 is 0. The van der Waals surface area contributed by atoms with Gasteiger partial charge in [-0.15, -0.1) is 0 Å². The van der Waals surface area contributed by atoms with E-state index in [1.807, 2.05) is 31.1 Å². The van der Waals surface area contributed by atoms with Crippen LogP contribution in [0, 0.1) is 5.92 Å². The van der Waals surface area contributed by atoms with Crippen molar-refractivity contribution in [2.24, 2.45) is 5.92 Å². The van der Waals surface area contributed by atoms with Gasteiger partial charge in [-0.2, -0.15) is 0 Å². The Balaban J connectivity index is 2.06. The van der Waals surface area contributed by atoms with Crippen molar-refractivity contribution in [2.45, 2.75) is 12.3 Å². The Bertz CT molecular complexity index is 607. The lowest BCUT2D eigenvalue weighted by Crippen LogP contribution is -2.41. The van der Waals surface area contributed by atoms with Crippen molar-refractivity contribution < 1.29 is 14.7 Å². The van der Waals surface area contributed by atoms with Crippen molar-refractivity contribution in [3.05, 3.63) is 33.8 Å². The number of likely N-dealkylation sites (N-methyl/N-ethyl adjacent to an activating group) is 1. The van der Waals surface area contributed by atoms with Crippen LogP contribution in [0.5, 0.6) is 0 Å². The van der Waals surface area contributed by atoms with Crippen molar-refractivity contribution in [2.75, 3.05) is 33.7 Å². The number of aliphatic carboxylic acids is 1. The minimum absolute atomic E-state index is 0.0179. The molecule has 1 aliphatic carbocycles. The van der Waals surface area contributed by atoms with Gasteiger partial charge in [0.1, 0.15) is 6.54 Å². The zero-order valence-corrected chi connectivity index (χ0v) is 14.6. The average Bonchev–Trinajstić information content (AvgIpc) is 3.25. The van der Waals surface area contributed by atoms with Crippen LogP contribution in [0.3, 0.4) is 0 Å². The number of carboxylic acid groups (broad SMARTS) is 1. The van der Waals surface area contributed by atoms with Gasteiger partial charge >= 0.3 is 5.97 Å². The average molecular weight is 359 g/mol. The molecule has 1 N–H and O–H groups in total. The van der Waals surface area contributed by atoms with Crippen LogP contribution in [0.15, 0.2) is 18.2 Å². The molecule has 2 atom stereocenters. The maximum absolute atomic E-state index is 12.6. The van der Waals surface area contributed by atoms with Crippen LogP contribution in [0.1, 0.15) is 17.9 Å². The number of benzene rings is 1. The Morgan fingerprint density at radius 1 is 1.26 bits per heavy atom. The molecule has 1 aromatic rings. The maximum Gasteiger partial charge on any atom is 0.323 e. The van der Waals surface area contributed by atoms with Crippen LogP contribution < -0.4 is 0 Å². The van der Waals surface area contributed by atoms with Crippen LogP contribution in [-0.2, 0) is 9.59 Å². The normalized spacial score (nSPS) is 19.7. The number of carbonyl (C=O) groups is 2. The smallest absolute Gasteiger partial charge is 0.323 e. The van der Waals surface area contributed by atoms with Crippen molar-refractivity contribution in [3.8, 4) is 0 Å². The molecule has 1 aliphatic rings. The summed E-state index contributed by atoms with van der Waals surface area (Å²) >= 11 is 12.2. The summed E-state index contributed by atoms with van der Waals surface area (Å²) in [5.74, 6) is -1.33. The Labute approximate surface area is 145 Å². The van der Waals surface area contributed by atoms with Gasteiger partial charge in [0.05, 0.1) is 10.0 Å². The predicted octanol–water partition coefficient (Wildman–Crippen LogP) is 2.57. The van der Waals surface area contributed by atoms with E-state index < -0.39 is 5.97 Å². The second-order valence-electron chi connectivity index (χ2n) is 6.05. The summed E-state index contributed by atoms with van der Waals surface area (Å²) in [6.07, 6.45) is 0.678. The zero-order valence-electron chi connectivity index (χ0n) is 13.1. The minimum Gasteiger partial charge on any atom is -0.480 e. The van der Waals surface area contributed by atoms with Crippen LogP contribution in [0.4, 0.5) is 0 Å². The second-order valence-corrected chi connectivity index (χ2v) is 6.83. The zero-order chi connectivity index (χ0) is 17.1. The quantitative estimate of drug-likeness (QED) is 0.813. The van der Waals surface area contributed by atoms with E-state index in [-0.39, 0.29) is 24.3 Å². The molecule has 2 rings (SSSR count). The minimum atomic E-state index is -1.00. The summed E-state index contributed by atoms with van der Waals surface area (Å²) in [6.45, 7) is 0.734. The predicted molar refractivity (Wildman–Crippen MR) is 90.1 cm³/mol. The third-order valence-electron chi connectivity index (χ3n) is 3.94. The van der Waals surface area contributed by atoms with Gasteiger partial charge in [-0.3, -0.25) is 9.59 Å². The third kappa shape index (κ3) is 4.59. The van der Waals surface area contributed by atoms with Gasteiger partial charge in [0.2, 0.25) is 5.91 Å². The highest BCUT2D eigenvalue weighted by atomic mass is 35.5. The SMILES string of the molecule is CN(C)CCN(CC(=O)O)C(=O)C1CC1c1cccc(Cl)c1Cl. The molecule has 1 saturated carbocycles. The van der Waals surface area contributed by atoms with E-state index in [9.17, 15) is 9.59 Å². The molecular formula is C16H20Cl2N2O3. The van der Waals surface area contributed by atoms with E-state index >= 15 is 0 Å². The van der Waals surface area contributed by atoms with Gasteiger partial charge in [0, 0.05) is 19.0 Å². The van der Waals surface area contributed by atoms with Crippen LogP contribution in [0.2, 0.25) is 10.0 Å². The summed E-state index contributed by atoms with van der Waals surface area (Å²) in [5.41, 5.74) is 0.861. The first kappa shape index (κ1) is 18.0. The molecular weight excluding hydrogens is 339 g/mol. The third-order valence-corrected chi connectivity index (χ3v) is 4.78. The first-order chi connectivity index (χ1) is 10.8. The molecule has 0 spiro atoms. The molecule has 0 aliphatic heterocycles. The number of nitrogens with zero attached hydrogens (tertiary/aromatic N) is 2. The van der Waals surface area contributed by atoms with E-state index in [2.05, 4.69) is 0 Å². The van der Waals surface area contributed by atoms with Crippen molar-refractivity contribution >= 4 is 35.1 Å². The molecule has 0 saturated heterocycles. The Morgan fingerprint density at radius 3 is 2.57 bits per heavy atom. The van der Waals surface area contributed by atoms with Gasteiger partial charge in [0.25, 0.3) is 0 Å². The number of amides is 1. The topological polar surface area (TPSA) is 60.9 Å². The fourth-order valence-electron chi connectivity index (χ4n) is 2.60. The molecule has 23 heavy (non-hydrogen) atoms. The number of carbonyl (C=O) groups excluding carboxylic acids is 1. The summed E-state index contributed by atoms with van der Waals surface area (Å²) in [4.78, 5) is 26.9. The Kier molecular flexibility index (Phi) is 5.89. The molecule has 126 valence electrons. The van der Waals surface area contributed by atoms with Crippen molar-refractivity contribution in [3.63, 3.8) is 0 Å². The second kappa shape index (κ2) is 7.51. The lowest BCUT2D eigenvalue weighted by atomic mass is 10.1. The highest BCUT2D eigenvalue weighted by Gasteiger charge is 2.46. The van der Waals surface area contributed by atoms with Gasteiger partial charge in [-0.25, -0.2) is 0 Å². The lowest BCUT2D eigenvalue weighted by Gasteiger charge is -2.23. The van der Waals surface area contributed by atoms with E-state index in [0.717, 1.165) is 5.56 Å². The van der Waals surface area contributed by atoms with Gasteiger partial charge in [0.15, 0.2) is 0 Å². The summed E-state index contributed by atoms with van der Waals surface area (Å²) in [6, 6.07) is 5.39. The molecule has 0 bridgehead atoms. The van der Waals surface area contributed by atoms with Crippen LogP contribution in [-0.4, -0.2) is 60.5 Å². The van der Waals surface area contributed by atoms with Crippen LogP contribution >= 0.6 is 23.2 Å². The fourth-order valence-corrected chi connectivity index (χ4v) is 3.05. The molecule has 1 amide bonds. The number of carboxylic acids is 1. The highest BCUT2D eigenvalue weighted by molar-refractivity contribution is 6.42. The molecule has 2 unspecified atom stereocenters. The number of halogens is 2. The summed E-state index contributed by atoms with van der Waals surface area (Å²) in [5, 5.41) is 9.97. The monoisotopic (exact) mass is 358 g/mol. The van der Waals surface area contributed by atoms with Gasteiger partial charge in [-0.1, -0.05) is 35.3 Å². The first-order valence-electron chi connectivity index (χ1n) is 7.40. The number of hydrogen-bond donors (Lipinski definition) is 1. The molecule has 7 heteroatoms. The van der Waals surface area contributed by atoms with E-state index in [0.29, 0.717) is 29.6 Å². The number of hydrogen-bond acceptors (Lipinski definition) is 3. The fraction of sp³-hybridized carbons (Fsp3) is 0.500. The molecule has 0 radical (unpaired) electrons. The van der Waals surface area contributed by atoms with Gasteiger partial charge < -0.3 is 14.9 Å². The van der Waals surface area contributed by atoms with Gasteiger partial charge in [-0.05, 0) is 38.1 Å². The maximum atomic E-state index is 12.6. The largest absolute Gasteiger partial charge is 0.480 e. The van der Waals surface area contributed by atoms with Crippen molar-refractivity contribution in [1.82, 2.24) is 9.80 Å². The van der Waals surface area contributed by atoms with E-state index in [4.69, 9.17) is 28.3 Å². The number of rotatable bonds is 7. The molecule has 5 nitrogen and oxygen atoms in total. The lowest BCUT2D eigenvalue weighted by molar-refractivity contribution is -0.145. The highest BCUT2D eigenvalue weighted by Crippen LogP contribution is 2.51. The molecule has 1 fully saturated rings. The van der Waals surface area contributed by atoms with E-state index in [1.165, 1.54) is 4.90 Å². The van der Waals surface area contributed by atoms with Crippen molar-refractivity contribution in [1.29, 1.82) is 0 Å². The molecule has 1 aromatic carbocycles. The van der Waals surface area contributed by atoms with E-state index in [1.54, 1.807) is 6.07 Å². The first-order valence-corrected chi connectivity index (χ1v) is 8.16. The molecule has 0 aromatic heterocycles. The summed E-state index contributed by atoms with van der Waals surface area (Å²) in [7, 11) is 3.77. The Morgan fingerprint density at radius 2 is 1.96 bits per heavy atom. The standard InChI is InChI=1S/C16H20Cl2N2O3/c1-19(2)6-7-20(9-14(21)22)16(23)12-8-11(12)10-4-3-5-13(17)15(10)18/h3-5,11-12H,6-9H2,1-2H3,(H,21,22).